The van der Waals surface area contributed by atoms with Crippen LogP contribution < -0.4 is 5.73 Å². The Morgan fingerprint density at radius 3 is 2.50 bits per heavy atom. The maximum Gasteiger partial charge on any atom is 0.239 e. The van der Waals surface area contributed by atoms with Crippen LogP contribution in [0.15, 0.2) is 24.3 Å². The van der Waals surface area contributed by atoms with Gasteiger partial charge in [0.2, 0.25) is 5.91 Å². The topological polar surface area (TPSA) is 49.6 Å². The number of halogens is 1. The third kappa shape index (κ3) is 4.70. The van der Waals surface area contributed by atoms with Gasteiger partial charge in [-0.15, -0.1) is 0 Å². The number of nitrogens with two attached hydrogens (primary N) is 1. The zero-order valence-electron chi connectivity index (χ0n) is 13.5. The number of hydrogen-bond acceptors (Lipinski definition) is 3. The van der Waals surface area contributed by atoms with Gasteiger partial charge in [-0.25, -0.2) is 0 Å². The smallest absolute Gasteiger partial charge is 0.239 e. The molecule has 1 aromatic carbocycles. The molecular formula is C17H26ClN3O. The number of amides is 1. The highest BCUT2D eigenvalue weighted by molar-refractivity contribution is 6.30. The first-order valence-corrected chi connectivity index (χ1v) is 8.36. The number of carbonyl (C=O) groups excluding carboxylic acids is 1. The van der Waals surface area contributed by atoms with Crippen LogP contribution in [0.4, 0.5) is 0 Å². The molecule has 0 radical (unpaired) electrons. The van der Waals surface area contributed by atoms with Gasteiger partial charge >= 0.3 is 0 Å². The minimum absolute atomic E-state index is 0.0864. The quantitative estimate of drug-likeness (QED) is 0.925. The van der Waals surface area contributed by atoms with Crippen LogP contribution in [0.2, 0.25) is 5.02 Å². The Morgan fingerprint density at radius 2 is 1.86 bits per heavy atom. The molecule has 5 heteroatoms. The maximum atomic E-state index is 12.4. The van der Waals surface area contributed by atoms with Gasteiger partial charge in [0.1, 0.15) is 0 Å². The van der Waals surface area contributed by atoms with E-state index in [1.165, 1.54) is 5.56 Å². The molecule has 1 heterocycles. The van der Waals surface area contributed by atoms with E-state index in [9.17, 15) is 4.79 Å². The van der Waals surface area contributed by atoms with Gasteiger partial charge in [0.05, 0.1) is 6.04 Å². The van der Waals surface area contributed by atoms with E-state index in [0.29, 0.717) is 0 Å². The number of rotatable bonds is 4. The summed E-state index contributed by atoms with van der Waals surface area (Å²) in [5.74, 6) is 0.268. The second-order valence-electron chi connectivity index (χ2n) is 6.35. The van der Waals surface area contributed by atoms with Crippen molar-refractivity contribution in [2.75, 3.05) is 26.2 Å². The largest absolute Gasteiger partial charge is 0.340 e. The summed E-state index contributed by atoms with van der Waals surface area (Å²) >= 11 is 5.92. The minimum Gasteiger partial charge on any atom is -0.340 e. The third-order valence-electron chi connectivity index (χ3n) is 4.22. The Kier molecular flexibility index (Phi) is 6.24. The van der Waals surface area contributed by atoms with Crippen molar-refractivity contribution in [2.24, 2.45) is 11.7 Å². The first-order chi connectivity index (χ1) is 10.5. The summed E-state index contributed by atoms with van der Waals surface area (Å²) in [6.45, 7) is 8.33. The van der Waals surface area contributed by atoms with E-state index < -0.39 is 0 Å². The van der Waals surface area contributed by atoms with Crippen molar-refractivity contribution in [1.29, 1.82) is 0 Å². The van der Waals surface area contributed by atoms with Gasteiger partial charge in [-0.2, -0.15) is 0 Å². The van der Waals surface area contributed by atoms with Crippen LogP contribution in [0, 0.1) is 5.92 Å². The van der Waals surface area contributed by atoms with Gasteiger partial charge in [-0.05, 0) is 30.0 Å². The number of benzene rings is 1. The van der Waals surface area contributed by atoms with E-state index in [0.717, 1.165) is 44.2 Å². The van der Waals surface area contributed by atoms with Crippen LogP contribution in [0.5, 0.6) is 0 Å². The standard InChI is InChI=1S/C17H26ClN3O/c1-13(2)16(19)17(22)21-9-3-8-20(10-11-21)12-14-4-6-15(18)7-5-14/h4-7,13,16H,3,8-12,19H2,1-2H3/t16-/m0/s1. The molecule has 1 saturated heterocycles. The molecular weight excluding hydrogens is 298 g/mol. The molecule has 1 amide bonds. The van der Waals surface area contributed by atoms with Gasteiger partial charge in [-0.3, -0.25) is 9.69 Å². The molecule has 0 unspecified atom stereocenters. The average molecular weight is 324 g/mol. The predicted octanol–water partition coefficient (Wildman–Crippen LogP) is 2.36. The highest BCUT2D eigenvalue weighted by Gasteiger charge is 2.25. The number of carbonyl (C=O) groups is 1. The lowest BCUT2D eigenvalue weighted by atomic mass is 10.0. The summed E-state index contributed by atoms with van der Waals surface area (Å²) in [4.78, 5) is 16.7. The van der Waals surface area contributed by atoms with Crippen molar-refractivity contribution in [3.05, 3.63) is 34.9 Å². The van der Waals surface area contributed by atoms with Crippen molar-refractivity contribution >= 4 is 17.5 Å². The summed E-state index contributed by atoms with van der Waals surface area (Å²) in [6, 6.07) is 7.58. The molecule has 1 aliphatic rings. The molecule has 1 aromatic rings. The monoisotopic (exact) mass is 323 g/mol. The molecule has 0 saturated carbocycles. The first-order valence-electron chi connectivity index (χ1n) is 7.98. The molecule has 1 aliphatic heterocycles. The van der Waals surface area contributed by atoms with Crippen molar-refractivity contribution in [3.8, 4) is 0 Å². The molecule has 1 atom stereocenters. The Labute approximate surface area is 138 Å². The Morgan fingerprint density at radius 1 is 1.18 bits per heavy atom. The molecule has 1 fully saturated rings. The lowest BCUT2D eigenvalue weighted by Gasteiger charge is -2.26. The molecule has 4 nitrogen and oxygen atoms in total. The zero-order chi connectivity index (χ0) is 16.1. The summed E-state index contributed by atoms with van der Waals surface area (Å²) in [7, 11) is 0. The van der Waals surface area contributed by atoms with Crippen LogP contribution in [0.3, 0.4) is 0 Å². The summed E-state index contributed by atoms with van der Waals surface area (Å²) in [5, 5.41) is 0.763. The van der Waals surface area contributed by atoms with E-state index in [1.54, 1.807) is 0 Å². The van der Waals surface area contributed by atoms with E-state index in [2.05, 4.69) is 17.0 Å². The number of nitrogens with zero attached hydrogens (tertiary/aromatic N) is 2. The highest BCUT2D eigenvalue weighted by atomic mass is 35.5. The van der Waals surface area contributed by atoms with E-state index >= 15 is 0 Å². The molecule has 0 aliphatic carbocycles. The molecule has 0 aromatic heterocycles. The Balaban J connectivity index is 1.89. The first kappa shape index (κ1) is 17.3. The Bertz CT molecular complexity index is 489. The van der Waals surface area contributed by atoms with Crippen LogP contribution in [-0.2, 0) is 11.3 Å². The van der Waals surface area contributed by atoms with Gasteiger partial charge < -0.3 is 10.6 Å². The fourth-order valence-electron chi connectivity index (χ4n) is 2.69. The van der Waals surface area contributed by atoms with Gasteiger partial charge in [0.25, 0.3) is 0 Å². The molecule has 2 N–H and O–H groups in total. The van der Waals surface area contributed by atoms with Crippen molar-refractivity contribution in [1.82, 2.24) is 9.80 Å². The van der Waals surface area contributed by atoms with Gasteiger partial charge in [-0.1, -0.05) is 37.6 Å². The summed E-state index contributed by atoms with van der Waals surface area (Å²) < 4.78 is 0. The maximum absolute atomic E-state index is 12.4. The van der Waals surface area contributed by atoms with Crippen molar-refractivity contribution < 1.29 is 4.79 Å². The molecule has 2 rings (SSSR count). The lowest BCUT2D eigenvalue weighted by Crippen LogP contribution is -2.47. The number of hydrogen-bond donors (Lipinski definition) is 1. The summed E-state index contributed by atoms with van der Waals surface area (Å²) in [5.41, 5.74) is 7.25. The van der Waals surface area contributed by atoms with E-state index in [-0.39, 0.29) is 17.9 Å². The molecule has 0 spiro atoms. The normalized spacial score (nSPS) is 18.3. The van der Waals surface area contributed by atoms with Gasteiger partial charge in [0.15, 0.2) is 0 Å². The third-order valence-corrected chi connectivity index (χ3v) is 4.47. The van der Waals surface area contributed by atoms with Crippen LogP contribution >= 0.6 is 11.6 Å². The van der Waals surface area contributed by atoms with E-state index in [4.69, 9.17) is 17.3 Å². The Hall–Kier alpha value is -1.10. The van der Waals surface area contributed by atoms with Crippen molar-refractivity contribution in [2.45, 2.75) is 32.9 Å². The van der Waals surface area contributed by atoms with Crippen molar-refractivity contribution in [3.63, 3.8) is 0 Å². The van der Waals surface area contributed by atoms with Crippen LogP contribution in [0.1, 0.15) is 25.8 Å². The lowest BCUT2D eigenvalue weighted by molar-refractivity contribution is -0.133. The highest BCUT2D eigenvalue weighted by Crippen LogP contribution is 2.14. The average Bonchev–Trinajstić information content (AvgIpc) is 2.73. The van der Waals surface area contributed by atoms with Crippen LogP contribution in [0.25, 0.3) is 0 Å². The molecule has 122 valence electrons. The fourth-order valence-corrected chi connectivity index (χ4v) is 2.82. The SMILES string of the molecule is CC(C)[C@H](N)C(=O)N1CCCN(Cc2ccc(Cl)cc2)CC1. The van der Waals surface area contributed by atoms with Gasteiger partial charge in [0, 0.05) is 37.7 Å². The zero-order valence-corrected chi connectivity index (χ0v) is 14.2. The summed E-state index contributed by atoms with van der Waals surface area (Å²) in [6.07, 6.45) is 0.990. The second kappa shape index (κ2) is 7.95. The molecule has 22 heavy (non-hydrogen) atoms. The van der Waals surface area contributed by atoms with E-state index in [1.807, 2.05) is 30.9 Å². The second-order valence-corrected chi connectivity index (χ2v) is 6.79. The fraction of sp³-hybridized carbons (Fsp3) is 0.588. The van der Waals surface area contributed by atoms with Crippen LogP contribution in [-0.4, -0.2) is 47.9 Å². The minimum atomic E-state index is -0.386. The predicted molar refractivity (Wildman–Crippen MR) is 90.7 cm³/mol. The molecule has 0 bridgehead atoms.